The number of nitrogens with two attached hydrogens (primary N) is 1. The standard InChI is InChI=1S/C18H13BN2O2/c19-14-7-8-16(15(10-14)17(20)22)21-18(23)13-6-5-11-3-1-2-4-12(11)9-13/h1-10H,(H2,20,22)(H,21,23). The van der Waals surface area contributed by atoms with Crippen LogP contribution in [0.25, 0.3) is 10.8 Å². The second kappa shape index (κ2) is 5.97. The van der Waals surface area contributed by atoms with Crippen LogP contribution in [0.3, 0.4) is 0 Å². The molecule has 0 aliphatic carbocycles. The first-order chi connectivity index (χ1) is 11.0. The molecule has 4 nitrogen and oxygen atoms in total. The van der Waals surface area contributed by atoms with Crippen molar-refractivity contribution in [3.8, 4) is 0 Å². The van der Waals surface area contributed by atoms with Gasteiger partial charge in [0.15, 0.2) is 0 Å². The van der Waals surface area contributed by atoms with Gasteiger partial charge in [-0.25, -0.2) is 0 Å². The highest BCUT2D eigenvalue weighted by molar-refractivity contribution is 6.33. The molecule has 0 spiro atoms. The number of carbonyl (C=O) groups is 2. The van der Waals surface area contributed by atoms with Crippen molar-refractivity contribution in [3.05, 3.63) is 71.8 Å². The monoisotopic (exact) mass is 300 g/mol. The Morgan fingerprint density at radius 1 is 0.913 bits per heavy atom. The molecule has 23 heavy (non-hydrogen) atoms. The summed E-state index contributed by atoms with van der Waals surface area (Å²) >= 11 is 0. The number of fused-ring (bicyclic) bond motifs is 1. The van der Waals surface area contributed by atoms with Crippen molar-refractivity contribution in [1.82, 2.24) is 0 Å². The maximum absolute atomic E-state index is 12.4. The quantitative estimate of drug-likeness (QED) is 0.726. The molecular formula is C18H13BN2O2. The third-order valence-corrected chi connectivity index (χ3v) is 3.57. The van der Waals surface area contributed by atoms with Gasteiger partial charge in [-0.3, -0.25) is 9.59 Å². The molecule has 0 heterocycles. The Labute approximate surface area is 134 Å². The smallest absolute Gasteiger partial charge is 0.255 e. The van der Waals surface area contributed by atoms with Gasteiger partial charge in [0.2, 0.25) is 0 Å². The second-order valence-electron chi connectivity index (χ2n) is 5.19. The van der Waals surface area contributed by atoms with E-state index in [9.17, 15) is 9.59 Å². The molecule has 0 aliphatic rings. The number of rotatable bonds is 3. The number of hydrogen-bond acceptors (Lipinski definition) is 2. The molecule has 0 fully saturated rings. The molecule has 3 N–H and O–H groups in total. The highest BCUT2D eigenvalue weighted by Crippen LogP contribution is 2.18. The molecule has 5 heteroatoms. The third kappa shape index (κ3) is 3.08. The Morgan fingerprint density at radius 3 is 2.39 bits per heavy atom. The van der Waals surface area contributed by atoms with Gasteiger partial charge in [0, 0.05) is 5.56 Å². The molecular weight excluding hydrogens is 287 g/mol. The number of carbonyl (C=O) groups excluding carboxylic acids is 2. The zero-order chi connectivity index (χ0) is 16.4. The Kier molecular flexibility index (Phi) is 3.85. The van der Waals surface area contributed by atoms with E-state index >= 15 is 0 Å². The minimum absolute atomic E-state index is 0.180. The minimum Gasteiger partial charge on any atom is -0.366 e. The van der Waals surface area contributed by atoms with Crippen molar-refractivity contribution in [1.29, 1.82) is 0 Å². The van der Waals surface area contributed by atoms with Crippen LogP contribution in [0.1, 0.15) is 20.7 Å². The van der Waals surface area contributed by atoms with E-state index in [1.54, 1.807) is 24.3 Å². The average Bonchev–Trinajstić information content (AvgIpc) is 2.55. The average molecular weight is 300 g/mol. The fourth-order valence-electron chi connectivity index (χ4n) is 2.40. The normalized spacial score (nSPS) is 10.4. The topological polar surface area (TPSA) is 72.2 Å². The van der Waals surface area contributed by atoms with Crippen LogP contribution in [0.4, 0.5) is 5.69 Å². The van der Waals surface area contributed by atoms with Crippen LogP contribution in [-0.2, 0) is 0 Å². The van der Waals surface area contributed by atoms with Crippen LogP contribution in [-0.4, -0.2) is 19.7 Å². The Balaban J connectivity index is 1.93. The Hall–Kier alpha value is -3.08. The maximum atomic E-state index is 12.4. The third-order valence-electron chi connectivity index (χ3n) is 3.57. The first-order valence-electron chi connectivity index (χ1n) is 7.04. The first-order valence-corrected chi connectivity index (χ1v) is 7.04. The van der Waals surface area contributed by atoms with Gasteiger partial charge in [0.1, 0.15) is 7.85 Å². The lowest BCUT2D eigenvalue weighted by Gasteiger charge is -2.10. The van der Waals surface area contributed by atoms with E-state index in [4.69, 9.17) is 13.6 Å². The van der Waals surface area contributed by atoms with E-state index < -0.39 is 5.91 Å². The number of anilines is 1. The molecule has 2 amide bonds. The molecule has 0 saturated carbocycles. The summed E-state index contributed by atoms with van der Waals surface area (Å²) in [5.41, 5.74) is 6.75. The van der Waals surface area contributed by atoms with Crippen LogP contribution < -0.4 is 16.5 Å². The second-order valence-corrected chi connectivity index (χ2v) is 5.19. The summed E-state index contributed by atoms with van der Waals surface area (Å²) in [7, 11) is 5.65. The van der Waals surface area contributed by atoms with Gasteiger partial charge in [-0.05, 0) is 29.0 Å². The molecule has 3 aromatic rings. The van der Waals surface area contributed by atoms with Gasteiger partial charge in [-0.1, -0.05) is 47.9 Å². The minimum atomic E-state index is -0.647. The highest BCUT2D eigenvalue weighted by atomic mass is 16.2. The molecule has 2 radical (unpaired) electrons. The molecule has 0 bridgehead atoms. The van der Waals surface area contributed by atoms with E-state index in [0.29, 0.717) is 16.7 Å². The van der Waals surface area contributed by atoms with E-state index in [0.717, 1.165) is 10.8 Å². The van der Waals surface area contributed by atoms with E-state index in [-0.39, 0.29) is 11.5 Å². The van der Waals surface area contributed by atoms with Crippen molar-refractivity contribution in [2.45, 2.75) is 0 Å². The molecule has 3 aromatic carbocycles. The fraction of sp³-hybridized carbons (Fsp3) is 0. The van der Waals surface area contributed by atoms with Gasteiger partial charge < -0.3 is 11.1 Å². The lowest BCUT2D eigenvalue weighted by molar-refractivity contribution is 0.100. The molecule has 0 aromatic heterocycles. The maximum Gasteiger partial charge on any atom is 0.255 e. The lowest BCUT2D eigenvalue weighted by Crippen LogP contribution is -2.20. The number of hydrogen-bond donors (Lipinski definition) is 2. The molecule has 3 rings (SSSR count). The van der Waals surface area contributed by atoms with Crippen molar-refractivity contribution < 1.29 is 9.59 Å². The molecule has 110 valence electrons. The highest BCUT2D eigenvalue weighted by Gasteiger charge is 2.12. The van der Waals surface area contributed by atoms with Crippen molar-refractivity contribution >= 4 is 41.6 Å². The van der Waals surface area contributed by atoms with E-state index in [2.05, 4.69) is 5.32 Å². The predicted molar refractivity (Wildman–Crippen MR) is 92.2 cm³/mol. The Morgan fingerprint density at radius 2 is 1.65 bits per heavy atom. The summed E-state index contributed by atoms with van der Waals surface area (Å²) < 4.78 is 0. The summed E-state index contributed by atoms with van der Waals surface area (Å²) in [6.07, 6.45) is 0. The van der Waals surface area contributed by atoms with Crippen LogP contribution in [0.2, 0.25) is 0 Å². The molecule has 0 atom stereocenters. The summed E-state index contributed by atoms with van der Waals surface area (Å²) in [6, 6.07) is 17.8. The van der Waals surface area contributed by atoms with Crippen molar-refractivity contribution in [3.63, 3.8) is 0 Å². The van der Waals surface area contributed by atoms with Gasteiger partial charge in [-0.15, -0.1) is 0 Å². The SMILES string of the molecule is [B]c1ccc(NC(=O)c2ccc3ccccc3c2)c(C(N)=O)c1. The first kappa shape index (κ1) is 14.8. The lowest BCUT2D eigenvalue weighted by atomic mass is 9.93. The van der Waals surface area contributed by atoms with Gasteiger partial charge >= 0.3 is 0 Å². The van der Waals surface area contributed by atoms with Gasteiger partial charge in [0.05, 0.1) is 11.3 Å². The zero-order valence-electron chi connectivity index (χ0n) is 12.2. The number of nitrogens with one attached hydrogen (secondary N) is 1. The number of primary amides is 1. The Bertz CT molecular complexity index is 922. The molecule has 0 unspecified atom stereocenters. The molecule has 0 saturated heterocycles. The summed E-state index contributed by atoms with van der Waals surface area (Å²) in [5.74, 6) is -0.964. The van der Waals surface area contributed by atoms with Gasteiger partial charge in [-0.2, -0.15) is 0 Å². The summed E-state index contributed by atoms with van der Waals surface area (Å²) in [6.45, 7) is 0. The van der Waals surface area contributed by atoms with Crippen molar-refractivity contribution in [2.75, 3.05) is 5.32 Å². The van der Waals surface area contributed by atoms with E-state index in [1.165, 1.54) is 6.07 Å². The number of amides is 2. The fourth-order valence-corrected chi connectivity index (χ4v) is 2.40. The van der Waals surface area contributed by atoms with Crippen LogP contribution in [0.15, 0.2) is 60.7 Å². The van der Waals surface area contributed by atoms with Crippen LogP contribution in [0, 0.1) is 0 Å². The zero-order valence-corrected chi connectivity index (χ0v) is 12.2. The van der Waals surface area contributed by atoms with Gasteiger partial charge in [0.25, 0.3) is 11.8 Å². The van der Waals surface area contributed by atoms with Crippen molar-refractivity contribution in [2.24, 2.45) is 5.73 Å². The largest absolute Gasteiger partial charge is 0.366 e. The molecule has 0 aliphatic heterocycles. The predicted octanol–water partition coefficient (Wildman–Crippen LogP) is 1.98. The summed E-state index contributed by atoms with van der Waals surface area (Å²) in [5, 5.41) is 4.72. The number of benzene rings is 3. The van der Waals surface area contributed by atoms with Crippen LogP contribution in [0.5, 0.6) is 0 Å². The van der Waals surface area contributed by atoms with E-state index in [1.807, 2.05) is 30.3 Å². The summed E-state index contributed by atoms with van der Waals surface area (Å²) in [4.78, 5) is 23.9. The van der Waals surface area contributed by atoms with Crippen LogP contribution >= 0.6 is 0 Å².